The summed E-state index contributed by atoms with van der Waals surface area (Å²) in [6, 6.07) is 10.3. The van der Waals surface area contributed by atoms with Crippen LogP contribution in [0.1, 0.15) is 23.7 Å². The van der Waals surface area contributed by atoms with Crippen LogP contribution in [0.3, 0.4) is 0 Å². The van der Waals surface area contributed by atoms with E-state index in [0.717, 1.165) is 15.4 Å². The Balaban J connectivity index is 2.26. The summed E-state index contributed by atoms with van der Waals surface area (Å²) in [6.45, 7) is 2.53. The predicted octanol–water partition coefficient (Wildman–Crippen LogP) is 5.87. The molecule has 0 N–H and O–H groups in total. The van der Waals surface area contributed by atoms with Crippen LogP contribution in [0.4, 0.5) is 0 Å². The topological polar surface area (TPSA) is 35.5 Å². The molecule has 0 spiro atoms. The van der Waals surface area contributed by atoms with Crippen molar-refractivity contribution in [3.63, 3.8) is 0 Å². The van der Waals surface area contributed by atoms with Crippen molar-refractivity contribution in [1.29, 1.82) is 0 Å². The third-order valence-electron chi connectivity index (χ3n) is 2.72. The van der Waals surface area contributed by atoms with E-state index in [2.05, 4.69) is 31.9 Å². The molecular weight excluding hydrogens is 435 g/mol. The number of esters is 1. The third-order valence-corrected chi connectivity index (χ3v) is 4.00. The van der Waals surface area contributed by atoms with Crippen molar-refractivity contribution in [3.8, 4) is 11.5 Å². The van der Waals surface area contributed by atoms with E-state index in [1.54, 1.807) is 30.3 Å². The van der Waals surface area contributed by atoms with Crippen LogP contribution < -0.4 is 9.47 Å². The van der Waals surface area contributed by atoms with Crippen LogP contribution in [0.25, 0.3) is 0 Å². The Morgan fingerprint density at radius 3 is 2.36 bits per heavy atom. The Morgan fingerprint density at radius 2 is 1.73 bits per heavy atom. The molecular formula is C16H13Br2ClO3. The Kier molecular flexibility index (Phi) is 6.29. The van der Waals surface area contributed by atoms with Gasteiger partial charge in [0.05, 0.1) is 11.6 Å². The molecule has 22 heavy (non-hydrogen) atoms. The van der Waals surface area contributed by atoms with E-state index >= 15 is 0 Å². The first-order valence-electron chi connectivity index (χ1n) is 6.61. The van der Waals surface area contributed by atoms with Gasteiger partial charge in [-0.3, -0.25) is 0 Å². The quantitative estimate of drug-likeness (QED) is 0.424. The molecule has 0 heterocycles. The monoisotopic (exact) mass is 446 g/mol. The van der Waals surface area contributed by atoms with Gasteiger partial charge in [-0.1, -0.05) is 50.4 Å². The molecule has 0 aliphatic rings. The van der Waals surface area contributed by atoms with Crippen molar-refractivity contribution < 1.29 is 14.3 Å². The Labute approximate surface area is 150 Å². The molecule has 0 aliphatic heterocycles. The van der Waals surface area contributed by atoms with Crippen LogP contribution in [0, 0.1) is 0 Å². The number of benzene rings is 2. The maximum atomic E-state index is 12.4. The van der Waals surface area contributed by atoms with Crippen molar-refractivity contribution in [2.24, 2.45) is 0 Å². The molecule has 6 heteroatoms. The standard InChI is InChI=1S/C16H13Br2ClO3/c1-2-7-21-14-5-3-10(17)8-12(14)16(20)22-15-6-4-11(18)9-13(15)19/h3-6,8-9H,2,7H2,1H3. The third kappa shape index (κ3) is 4.48. The maximum absolute atomic E-state index is 12.4. The fraction of sp³-hybridized carbons (Fsp3) is 0.188. The van der Waals surface area contributed by atoms with Gasteiger partial charge in [0.2, 0.25) is 0 Å². The van der Waals surface area contributed by atoms with Crippen LogP contribution in [0.15, 0.2) is 45.3 Å². The number of hydrogen-bond acceptors (Lipinski definition) is 3. The number of rotatable bonds is 5. The molecule has 2 rings (SSSR count). The summed E-state index contributed by atoms with van der Waals surface area (Å²) >= 11 is 12.7. The van der Waals surface area contributed by atoms with Gasteiger partial charge in [-0.25, -0.2) is 4.79 Å². The number of ether oxygens (including phenoxy) is 2. The van der Waals surface area contributed by atoms with E-state index in [0.29, 0.717) is 28.7 Å². The summed E-state index contributed by atoms with van der Waals surface area (Å²) in [4.78, 5) is 12.4. The van der Waals surface area contributed by atoms with Crippen molar-refractivity contribution in [2.45, 2.75) is 13.3 Å². The first-order valence-corrected chi connectivity index (χ1v) is 8.57. The summed E-state index contributed by atoms with van der Waals surface area (Å²) in [5, 5.41) is 0.355. The van der Waals surface area contributed by atoms with E-state index in [9.17, 15) is 4.79 Å². The minimum atomic E-state index is -0.517. The molecule has 2 aromatic carbocycles. The molecule has 0 amide bonds. The van der Waals surface area contributed by atoms with Crippen LogP contribution in [0.2, 0.25) is 5.02 Å². The molecule has 0 saturated heterocycles. The van der Waals surface area contributed by atoms with E-state index in [4.69, 9.17) is 21.1 Å². The molecule has 0 unspecified atom stereocenters. The lowest BCUT2D eigenvalue weighted by Crippen LogP contribution is -2.11. The largest absolute Gasteiger partial charge is 0.493 e. The lowest BCUT2D eigenvalue weighted by Gasteiger charge is -2.12. The summed E-state index contributed by atoms with van der Waals surface area (Å²) in [5.74, 6) is 0.274. The predicted molar refractivity (Wildman–Crippen MR) is 94.0 cm³/mol. The highest BCUT2D eigenvalue weighted by molar-refractivity contribution is 9.10. The number of halogens is 3. The first-order chi connectivity index (χ1) is 10.5. The maximum Gasteiger partial charge on any atom is 0.347 e. The lowest BCUT2D eigenvalue weighted by atomic mass is 10.2. The highest BCUT2D eigenvalue weighted by Crippen LogP contribution is 2.30. The number of hydrogen-bond donors (Lipinski definition) is 0. The van der Waals surface area contributed by atoms with Crippen LogP contribution >= 0.6 is 43.5 Å². The molecule has 0 atom stereocenters. The van der Waals surface area contributed by atoms with E-state index < -0.39 is 5.97 Å². The van der Waals surface area contributed by atoms with E-state index in [1.807, 2.05) is 13.0 Å². The van der Waals surface area contributed by atoms with Gasteiger partial charge in [-0.15, -0.1) is 0 Å². The summed E-state index contributed by atoms with van der Waals surface area (Å²) in [5.41, 5.74) is 0.349. The summed E-state index contributed by atoms with van der Waals surface area (Å²) in [6.07, 6.45) is 0.850. The van der Waals surface area contributed by atoms with Gasteiger partial charge < -0.3 is 9.47 Å². The molecule has 116 valence electrons. The second kappa shape index (κ2) is 7.99. The van der Waals surface area contributed by atoms with Gasteiger partial charge in [0.25, 0.3) is 0 Å². The van der Waals surface area contributed by atoms with Gasteiger partial charge in [0.1, 0.15) is 17.1 Å². The van der Waals surface area contributed by atoms with Crippen molar-refractivity contribution in [3.05, 3.63) is 55.9 Å². The highest BCUT2D eigenvalue weighted by atomic mass is 79.9. The number of carbonyl (C=O) groups excluding carboxylic acids is 1. The van der Waals surface area contributed by atoms with Crippen molar-refractivity contribution >= 4 is 49.4 Å². The van der Waals surface area contributed by atoms with E-state index in [-0.39, 0.29) is 0 Å². The Hall–Kier alpha value is -1.04. The lowest BCUT2D eigenvalue weighted by molar-refractivity contribution is 0.0730. The van der Waals surface area contributed by atoms with Crippen molar-refractivity contribution in [2.75, 3.05) is 6.61 Å². The Bertz CT molecular complexity index is 689. The first kappa shape index (κ1) is 17.3. The zero-order chi connectivity index (χ0) is 16.1. The summed E-state index contributed by atoms with van der Waals surface area (Å²) < 4.78 is 12.5. The Morgan fingerprint density at radius 1 is 1.09 bits per heavy atom. The van der Waals surface area contributed by atoms with Gasteiger partial charge in [-0.05, 0) is 42.8 Å². The zero-order valence-corrected chi connectivity index (χ0v) is 15.7. The van der Waals surface area contributed by atoms with Crippen LogP contribution in [-0.4, -0.2) is 12.6 Å². The zero-order valence-electron chi connectivity index (χ0n) is 11.7. The molecule has 0 saturated carbocycles. The second-order valence-corrected chi connectivity index (χ2v) is 6.69. The average molecular weight is 449 g/mol. The van der Waals surface area contributed by atoms with Gasteiger partial charge >= 0.3 is 5.97 Å². The highest BCUT2D eigenvalue weighted by Gasteiger charge is 2.17. The fourth-order valence-electron chi connectivity index (χ4n) is 1.71. The van der Waals surface area contributed by atoms with E-state index in [1.165, 1.54) is 0 Å². The average Bonchev–Trinajstić information content (AvgIpc) is 2.48. The second-order valence-electron chi connectivity index (χ2n) is 4.45. The molecule has 2 aromatic rings. The summed E-state index contributed by atoms with van der Waals surface area (Å²) in [7, 11) is 0. The molecule has 0 bridgehead atoms. The van der Waals surface area contributed by atoms with Crippen molar-refractivity contribution in [1.82, 2.24) is 0 Å². The normalized spacial score (nSPS) is 10.4. The number of carbonyl (C=O) groups is 1. The SMILES string of the molecule is CCCOc1ccc(Br)cc1C(=O)Oc1ccc(Br)cc1Cl. The molecule has 3 nitrogen and oxygen atoms in total. The fourth-order valence-corrected chi connectivity index (χ4v) is 2.79. The van der Waals surface area contributed by atoms with Crippen LogP contribution in [0.5, 0.6) is 11.5 Å². The molecule has 0 radical (unpaired) electrons. The molecule has 0 aromatic heterocycles. The minimum Gasteiger partial charge on any atom is -0.493 e. The van der Waals surface area contributed by atoms with Gasteiger partial charge in [0, 0.05) is 8.95 Å². The smallest absolute Gasteiger partial charge is 0.347 e. The van der Waals surface area contributed by atoms with Gasteiger partial charge in [0.15, 0.2) is 0 Å². The minimum absolute atomic E-state index is 0.302. The molecule has 0 fully saturated rings. The van der Waals surface area contributed by atoms with Crippen LogP contribution in [-0.2, 0) is 0 Å². The molecule has 0 aliphatic carbocycles. The van der Waals surface area contributed by atoms with Gasteiger partial charge in [-0.2, -0.15) is 0 Å².